The summed E-state index contributed by atoms with van der Waals surface area (Å²) in [6, 6.07) is 20.5. The van der Waals surface area contributed by atoms with E-state index >= 15 is 0 Å². The minimum absolute atomic E-state index is 0.0683. The molecule has 0 bridgehead atoms. The van der Waals surface area contributed by atoms with Crippen LogP contribution in [0.2, 0.25) is 0 Å². The van der Waals surface area contributed by atoms with E-state index in [-0.39, 0.29) is 5.41 Å². The standard InChI is InChI=1S/C35H51NO/c1-3-5-7-9-10-12-14-28-37-34-21-19-32(20-22-34)30-15-17-31(18-16-30)33-23-26-35(29-36,27-24-33)25-13-11-8-6-4-2/h15-22,33H,3-14,23-28H2,1-2H3. The largest absolute Gasteiger partial charge is 0.494 e. The van der Waals surface area contributed by atoms with E-state index in [1.165, 1.54) is 87.3 Å². The number of ether oxygens (including phenoxy) is 1. The van der Waals surface area contributed by atoms with Crippen molar-refractivity contribution in [3.05, 3.63) is 54.1 Å². The van der Waals surface area contributed by atoms with E-state index in [2.05, 4.69) is 68.4 Å². The Morgan fingerprint density at radius 2 is 1.22 bits per heavy atom. The van der Waals surface area contributed by atoms with E-state index in [9.17, 15) is 5.26 Å². The molecule has 0 N–H and O–H groups in total. The molecule has 2 heteroatoms. The van der Waals surface area contributed by atoms with Gasteiger partial charge in [0.1, 0.15) is 5.75 Å². The minimum atomic E-state index is -0.0683. The molecule has 0 atom stereocenters. The molecule has 2 aromatic rings. The van der Waals surface area contributed by atoms with Crippen LogP contribution < -0.4 is 4.74 Å². The fourth-order valence-corrected chi connectivity index (χ4v) is 5.93. The highest BCUT2D eigenvalue weighted by Gasteiger charge is 2.35. The van der Waals surface area contributed by atoms with E-state index in [1.807, 2.05) is 0 Å². The summed E-state index contributed by atoms with van der Waals surface area (Å²) in [5.74, 6) is 1.57. The van der Waals surface area contributed by atoms with E-state index in [0.29, 0.717) is 5.92 Å². The summed E-state index contributed by atoms with van der Waals surface area (Å²) < 4.78 is 5.97. The van der Waals surface area contributed by atoms with Gasteiger partial charge in [0, 0.05) is 0 Å². The lowest BCUT2D eigenvalue weighted by Gasteiger charge is -2.35. The first kappa shape index (κ1) is 29.3. The van der Waals surface area contributed by atoms with Gasteiger partial charge in [0.15, 0.2) is 0 Å². The Morgan fingerprint density at radius 1 is 0.703 bits per heavy atom. The lowest BCUT2D eigenvalue weighted by Crippen LogP contribution is -2.25. The molecule has 2 nitrogen and oxygen atoms in total. The van der Waals surface area contributed by atoms with Gasteiger partial charge in [-0.25, -0.2) is 0 Å². The normalized spacial score (nSPS) is 19.4. The van der Waals surface area contributed by atoms with Crippen molar-refractivity contribution in [1.82, 2.24) is 0 Å². The molecule has 37 heavy (non-hydrogen) atoms. The molecule has 3 rings (SSSR count). The average molecular weight is 502 g/mol. The van der Waals surface area contributed by atoms with Crippen molar-refractivity contribution >= 4 is 0 Å². The number of hydrogen-bond acceptors (Lipinski definition) is 2. The zero-order valence-electron chi connectivity index (χ0n) is 23.8. The fourth-order valence-electron chi connectivity index (χ4n) is 5.93. The second kappa shape index (κ2) is 16.5. The fraction of sp³-hybridized carbons (Fsp3) is 0.629. The molecule has 0 spiro atoms. The van der Waals surface area contributed by atoms with E-state index in [4.69, 9.17) is 4.74 Å². The van der Waals surface area contributed by atoms with Crippen LogP contribution in [0.3, 0.4) is 0 Å². The summed E-state index contributed by atoms with van der Waals surface area (Å²) >= 11 is 0. The zero-order chi connectivity index (χ0) is 26.2. The van der Waals surface area contributed by atoms with Crippen LogP contribution in [0.5, 0.6) is 5.75 Å². The monoisotopic (exact) mass is 501 g/mol. The van der Waals surface area contributed by atoms with Crippen molar-refractivity contribution in [3.8, 4) is 22.9 Å². The Labute approximate surface area is 227 Å². The smallest absolute Gasteiger partial charge is 0.119 e. The highest BCUT2D eigenvalue weighted by Crippen LogP contribution is 2.46. The SMILES string of the molecule is CCCCCCCCCOc1ccc(-c2ccc(C3CCC(C#N)(CCCCCCC)CC3)cc2)cc1. The first-order valence-corrected chi connectivity index (χ1v) is 15.4. The van der Waals surface area contributed by atoms with Crippen molar-refractivity contribution < 1.29 is 4.74 Å². The summed E-state index contributed by atoms with van der Waals surface area (Å²) in [4.78, 5) is 0. The highest BCUT2D eigenvalue weighted by molar-refractivity contribution is 5.64. The van der Waals surface area contributed by atoms with Crippen LogP contribution >= 0.6 is 0 Å². The molecule has 0 radical (unpaired) electrons. The van der Waals surface area contributed by atoms with Crippen LogP contribution in [0.25, 0.3) is 11.1 Å². The third-order valence-corrected chi connectivity index (χ3v) is 8.53. The zero-order valence-corrected chi connectivity index (χ0v) is 23.8. The summed E-state index contributed by atoms with van der Waals surface area (Å²) in [6.07, 6.45) is 21.1. The molecule has 0 amide bonds. The van der Waals surface area contributed by atoms with Gasteiger partial charge in [-0.15, -0.1) is 0 Å². The lowest BCUT2D eigenvalue weighted by molar-refractivity contribution is 0.223. The van der Waals surface area contributed by atoms with Crippen molar-refractivity contribution in [2.75, 3.05) is 6.61 Å². The molecule has 0 heterocycles. The minimum Gasteiger partial charge on any atom is -0.494 e. The van der Waals surface area contributed by atoms with Crippen LogP contribution in [0.15, 0.2) is 48.5 Å². The van der Waals surface area contributed by atoms with Gasteiger partial charge in [-0.05, 0) is 73.3 Å². The van der Waals surface area contributed by atoms with Crippen LogP contribution in [0.1, 0.15) is 134 Å². The molecule has 202 valence electrons. The van der Waals surface area contributed by atoms with Crippen LogP contribution in [0.4, 0.5) is 0 Å². The topological polar surface area (TPSA) is 33.0 Å². The quantitative estimate of drug-likeness (QED) is 0.202. The van der Waals surface area contributed by atoms with Crippen LogP contribution in [-0.2, 0) is 0 Å². The molecule has 0 saturated heterocycles. The van der Waals surface area contributed by atoms with Crippen LogP contribution in [0, 0.1) is 16.7 Å². The molecular weight excluding hydrogens is 450 g/mol. The number of unbranched alkanes of at least 4 members (excludes halogenated alkanes) is 10. The van der Waals surface area contributed by atoms with Gasteiger partial charge < -0.3 is 4.74 Å². The van der Waals surface area contributed by atoms with Crippen molar-refractivity contribution in [2.24, 2.45) is 5.41 Å². The Balaban J connectivity index is 1.41. The predicted molar refractivity (Wildman–Crippen MR) is 158 cm³/mol. The summed E-state index contributed by atoms with van der Waals surface area (Å²) in [6.45, 7) is 5.34. The molecule has 0 aliphatic heterocycles. The lowest BCUT2D eigenvalue weighted by atomic mass is 9.67. The molecule has 1 aliphatic carbocycles. The first-order chi connectivity index (χ1) is 18.2. The second-order valence-corrected chi connectivity index (χ2v) is 11.4. The second-order valence-electron chi connectivity index (χ2n) is 11.4. The average Bonchev–Trinajstić information content (AvgIpc) is 2.95. The maximum Gasteiger partial charge on any atom is 0.119 e. The van der Waals surface area contributed by atoms with Gasteiger partial charge in [0.05, 0.1) is 18.1 Å². The van der Waals surface area contributed by atoms with Gasteiger partial charge in [-0.2, -0.15) is 5.26 Å². The maximum atomic E-state index is 9.93. The van der Waals surface area contributed by atoms with Crippen molar-refractivity contribution in [3.63, 3.8) is 0 Å². The molecule has 0 aromatic heterocycles. The number of benzene rings is 2. The van der Waals surface area contributed by atoms with Gasteiger partial charge in [0.25, 0.3) is 0 Å². The van der Waals surface area contributed by atoms with Gasteiger partial charge in [-0.3, -0.25) is 0 Å². The highest BCUT2D eigenvalue weighted by atomic mass is 16.5. The summed E-state index contributed by atoms with van der Waals surface area (Å²) in [7, 11) is 0. The summed E-state index contributed by atoms with van der Waals surface area (Å²) in [5, 5.41) is 9.93. The van der Waals surface area contributed by atoms with Crippen molar-refractivity contribution in [2.45, 2.75) is 129 Å². The van der Waals surface area contributed by atoms with Gasteiger partial charge in [-0.1, -0.05) is 121 Å². The predicted octanol–water partition coefficient (Wildman–Crippen LogP) is 11.0. The van der Waals surface area contributed by atoms with Gasteiger partial charge in [0.2, 0.25) is 0 Å². The Hall–Kier alpha value is -2.27. The molecule has 1 fully saturated rings. The van der Waals surface area contributed by atoms with Crippen molar-refractivity contribution in [1.29, 1.82) is 5.26 Å². The van der Waals surface area contributed by atoms with Crippen LogP contribution in [-0.4, -0.2) is 6.61 Å². The van der Waals surface area contributed by atoms with E-state index < -0.39 is 0 Å². The number of nitriles is 1. The molecule has 1 saturated carbocycles. The number of nitrogens with zero attached hydrogens (tertiary/aromatic N) is 1. The Morgan fingerprint density at radius 3 is 1.78 bits per heavy atom. The molecule has 0 unspecified atom stereocenters. The van der Waals surface area contributed by atoms with E-state index in [0.717, 1.165) is 50.9 Å². The first-order valence-electron chi connectivity index (χ1n) is 15.4. The Bertz CT molecular complexity index is 900. The Kier molecular flexibility index (Phi) is 13.1. The third kappa shape index (κ3) is 9.85. The van der Waals surface area contributed by atoms with E-state index in [1.54, 1.807) is 0 Å². The third-order valence-electron chi connectivity index (χ3n) is 8.53. The number of hydrogen-bond donors (Lipinski definition) is 0. The molecule has 2 aromatic carbocycles. The maximum absolute atomic E-state index is 9.93. The van der Waals surface area contributed by atoms with Gasteiger partial charge >= 0.3 is 0 Å². The number of rotatable bonds is 17. The summed E-state index contributed by atoms with van der Waals surface area (Å²) in [5.41, 5.74) is 3.87. The molecule has 1 aliphatic rings. The molecular formula is C35H51NO.